The molecule has 154 valence electrons. The molecule has 2 aromatic rings. The standard InChI is InChI=1S/C25H33N3O/c1-20-19-27(24-13-15-26(16-14-24)21(2)29)17-18-28(20)25(22-9-5-3-6-10-22)23-11-7-4-8-12-23/h3-12,20,24-25H,13-19H2,1-2H3. The molecule has 0 saturated carbocycles. The van der Waals surface area contributed by atoms with Crippen LogP contribution in [-0.4, -0.2) is 65.4 Å². The van der Waals surface area contributed by atoms with E-state index in [-0.39, 0.29) is 5.91 Å². The fourth-order valence-corrected chi connectivity index (χ4v) is 5.11. The van der Waals surface area contributed by atoms with Gasteiger partial charge in [-0.15, -0.1) is 0 Å². The third-order valence-electron chi connectivity index (χ3n) is 6.70. The van der Waals surface area contributed by atoms with Gasteiger partial charge in [-0.2, -0.15) is 0 Å². The van der Waals surface area contributed by atoms with E-state index < -0.39 is 0 Å². The Balaban J connectivity index is 1.47. The number of likely N-dealkylation sites (tertiary alicyclic amines) is 1. The maximum Gasteiger partial charge on any atom is 0.219 e. The highest BCUT2D eigenvalue weighted by Crippen LogP contribution is 2.32. The number of piperidine rings is 1. The van der Waals surface area contributed by atoms with Crippen LogP contribution in [0.1, 0.15) is 43.9 Å². The van der Waals surface area contributed by atoms with Gasteiger partial charge in [0.05, 0.1) is 6.04 Å². The molecular formula is C25H33N3O. The molecule has 2 aliphatic heterocycles. The van der Waals surface area contributed by atoms with Crippen molar-refractivity contribution in [1.82, 2.24) is 14.7 Å². The first kappa shape index (κ1) is 20.1. The highest BCUT2D eigenvalue weighted by molar-refractivity contribution is 5.73. The molecule has 2 heterocycles. The zero-order valence-corrected chi connectivity index (χ0v) is 17.7. The first-order valence-corrected chi connectivity index (χ1v) is 11.0. The number of benzene rings is 2. The van der Waals surface area contributed by atoms with Crippen LogP contribution in [0.5, 0.6) is 0 Å². The van der Waals surface area contributed by atoms with E-state index in [4.69, 9.17) is 0 Å². The molecule has 4 rings (SSSR count). The van der Waals surface area contributed by atoms with Gasteiger partial charge in [-0.1, -0.05) is 60.7 Å². The zero-order chi connectivity index (χ0) is 20.2. The van der Waals surface area contributed by atoms with Gasteiger partial charge in [0.15, 0.2) is 0 Å². The summed E-state index contributed by atoms with van der Waals surface area (Å²) < 4.78 is 0. The quantitative estimate of drug-likeness (QED) is 0.793. The fraction of sp³-hybridized carbons (Fsp3) is 0.480. The van der Waals surface area contributed by atoms with E-state index in [1.54, 1.807) is 6.92 Å². The molecular weight excluding hydrogens is 358 g/mol. The zero-order valence-electron chi connectivity index (χ0n) is 17.7. The van der Waals surface area contributed by atoms with Crippen molar-refractivity contribution in [2.45, 2.75) is 44.8 Å². The van der Waals surface area contributed by atoms with Gasteiger partial charge in [0, 0.05) is 51.7 Å². The van der Waals surface area contributed by atoms with Crippen molar-refractivity contribution in [2.24, 2.45) is 0 Å². The lowest BCUT2D eigenvalue weighted by Crippen LogP contribution is -2.57. The Kier molecular flexibility index (Phi) is 6.31. The van der Waals surface area contributed by atoms with E-state index >= 15 is 0 Å². The summed E-state index contributed by atoms with van der Waals surface area (Å²) in [5.74, 6) is 0.218. The Hall–Kier alpha value is -2.17. The summed E-state index contributed by atoms with van der Waals surface area (Å²) in [6.07, 6.45) is 2.21. The van der Waals surface area contributed by atoms with Crippen LogP contribution in [0.4, 0.5) is 0 Å². The van der Waals surface area contributed by atoms with Gasteiger partial charge in [0.2, 0.25) is 5.91 Å². The molecule has 2 aromatic carbocycles. The molecule has 2 fully saturated rings. The average Bonchev–Trinajstić information content (AvgIpc) is 2.77. The highest BCUT2D eigenvalue weighted by atomic mass is 16.2. The van der Waals surface area contributed by atoms with Crippen molar-refractivity contribution in [3.63, 3.8) is 0 Å². The number of carbonyl (C=O) groups excluding carboxylic acids is 1. The van der Waals surface area contributed by atoms with Crippen molar-refractivity contribution < 1.29 is 4.79 Å². The first-order chi connectivity index (χ1) is 14.1. The summed E-state index contributed by atoms with van der Waals surface area (Å²) in [5.41, 5.74) is 2.74. The van der Waals surface area contributed by atoms with Crippen molar-refractivity contribution in [3.05, 3.63) is 71.8 Å². The average molecular weight is 392 g/mol. The molecule has 29 heavy (non-hydrogen) atoms. The summed E-state index contributed by atoms with van der Waals surface area (Å²) in [7, 11) is 0. The molecule has 0 aromatic heterocycles. The van der Waals surface area contributed by atoms with Crippen LogP contribution in [0.25, 0.3) is 0 Å². The van der Waals surface area contributed by atoms with Gasteiger partial charge in [0.1, 0.15) is 0 Å². The van der Waals surface area contributed by atoms with Crippen LogP contribution in [0.3, 0.4) is 0 Å². The largest absolute Gasteiger partial charge is 0.343 e. The normalized spacial score (nSPS) is 22.2. The van der Waals surface area contributed by atoms with Crippen molar-refractivity contribution >= 4 is 5.91 Å². The van der Waals surface area contributed by atoms with Gasteiger partial charge in [-0.05, 0) is 30.9 Å². The molecule has 0 aliphatic carbocycles. The predicted octanol–water partition coefficient (Wildman–Crippen LogP) is 3.79. The number of carbonyl (C=O) groups is 1. The van der Waals surface area contributed by atoms with Gasteiger partial charge >= 0.3 is 0 Å². The molecule has 4 nitrogen and oxygen atoms in total. The van der Waals surface area contributed by atoms with Gasteiger partial charge in [-0.25, -0.2) is 0 Å². The summed E-state index contributed by atoms with van der Waals surface area (Å²) in [4.78, 5) is 19.0. The molecule has 4 heteroatoms. The highest BCUT2D eigenvalue weighted by Gasteiger charge is 2.34. The Morgan fingerprint density at radius 3 is 1.90 bits per heavy atom. The molecule has 1 unspecified atom stereocenters. The molecule has 1 atom stereocenters. The lowest BCUT2D eigenvalue weighted by atomic mass is 9.94. The molecule has 0 radical (unpaired) electrons. The van der Waals surface area contributed by atoms with E-state index in [0.717, 1.165) is 45.6 Å². The number of amides is 1. The summed E-state index contributed by atoms with van der Waals surface area (Å²) in [5, 5.41) is 0. The second kappa shape index (κ2) is 9.10. The maximum atomic E-state index is 11.6. The first-order valence-electron chi connectivity index (χ1n) is 11.0. The van der Waals surface area contributed by atoms with E-state index in [1.807, 2.05) is 4.90 Å². The van der Waals surface area contributed by atoms with Crippen LogP contribution >= 0.6 is 0 Å². The Morgan fingerprint density at radius 2 is 1.41 bits per heavy atom. The third kappa shape index (κ3) is 4.54. The minimum atomic E-state index is 0.218. The Bertz CT molecular complexity index is 747. The molecule has 0 bridgehead atoms. The topological polar surface area (TPSA) is 26.8 Å². The summed E-state index contributed by atoms with van der Waals surface area (Å²) in [6.45, 7) is 9.15. The number of hydrogen-bond donors (Lipinski definition) is 0. The lowest BCUT2D eigenvalue weighted by molar-refractivity contribution is -0.130. The molecule has 0 N–H and O–H groups in total. The van der Waals surface area contributed by atoms with Crippen molar-refractivity contribution in [3.8, 4) is 0 Å². The van der Waals surface area contributed by atoms with E-state index in [1.165, 1.54) is 11.1 Å². The van der Waals surface area contributed by atoms with Gasteiger partial charge in [-0.3, -0.25) is 14.6 Å². The Labute approximate surface area is 175 Å². The van der Waals surface area contributed by atoms with E-state index in [2.05, 4.69) is 77.4 Å². The van der Waals surface area contributed by atoms with Crippen LogP contribution in [0, 0.1) is 0 Å². The monoisotopic (exact) mass is 391 g/mol. The second-order valence-electron chi connectivity index (χ2n) is 8.54. The fourth-order valence-electron chi connectivity index (χ4n) is 5.11. The van der Waals surface area contributed by atoms with Gasteiger partial charge in [0.25, 0.3) is 0 Å². The molecule has 1 amide bonds. The number of piperazine rings is 1. The second-order valence-corrected chi connectivity index (χ2v) is 8.54. The molecule has 0 spiro atoms. The SMILES string of the molecule is CC(=O)N1CCC(N2CCN(C(c3ccccc3)c3ccccc3)C(C)C2)CC1. The third-order valence-corrected chi connectivity index (χ3v) is 6.70. The predicted molar refractivity (Wildman–Crippen MR) is 118 cm³/mol. The summed E-state index contributed by atoms with van der Waals surface area (Å²) >= 11 is 0. The van der Waals surface area contributed by atoms with E-state index in [0.29, 0.717) is 18.1 Å². The van der Waals surface area contributed by atoms with Crippen molar-refractivity contribution in [2.75, 3.05) is 32.7 Å². The number of hydrogen-bond acceptors (Lipinski definition) is 3. The number of nitrogens with zero attached hydrogens (tertiary/aromatic N) is 3. The number of rotatable bonds is 4. The maximum absolute atomic E-state index is 11.6. The van der Waals surface area contributed by atoms with Crippen LogP contribution in [0.15, 0.2) is 60.7 Å². The van der Waals surface area contributed by atoms with Crippen LogP contribution < -0.4 is 0 Å². The minimum Gasteiger partial charge on any atom is -0.343 e. The Morgan fingerprint density at radius 1 is 0.862 bits per heavy atom. The minimum absolute atomic E-state index is 0.218. The smallest absolute Gasteiger partial charge is 0.219 e. The molecule has 2 aliphatic rings. The lowest BCUT2D eigenvalue weighted by Gasteiger charge is -2.48. The van der Waals surface area contributed by atoms with E-state index in [9.17, 15) is 4.79 Å². The van der Waals surface area contributed by atoms with Crippen molar-refractivity contribution in [1.29, 1.82) is 0 Å². The summed E-state index contributed by atoms with van der Waals surface area (Å²) in [6, 6.07) is 23.2. The van der Waals surface area contributed by atoms with Gasteiger partial charge < -0.3 is 4.90 Å². The molecule has 2 saturated heterocycles. The van der Waals surface area contributed by atoms with Crippen LogP contribution in [0.2, 0.25) is 0 Å². The van der Waals surface area contributed by atoms with Crippen LogP contribution in [-0.2, 0) is 4.79 Å².